The minimum absolute atomic E-state index is 0. The summed E-state index contributed by atoms with van der Waals surface area (Å²) in [6, 6.07) is 2.13. The molecule has 0 spiro atoms. The predicted molar refractivity (Wildman–Crippen MR) is 32.9 cm³/mol. The zero-order valence-electron chi connectivity index (χ0n) is 6.11. The van der Waals surface area contributed by atoms with Crippen LogP contribution in [-0.4, -0.2) is 16.9 Å². The molecule has 0 saturated carbocycles. The van der Waals surface area contributed by atoms with E-state index >= 15 is 0 Å². The molecule has 1 rings (SSSR count). The third-order valence-corrected chi connectivity index (χ3v) is 1.21. The maximum absolute atomic E-state index is 10.2. The summed E-state index contributed by atoms with van der Waals surface area (Å²) in [5.41, 5.74) is -0.472. The van der Waals surface area contributed by atoms with Crippen molar-refractivity contribution < 1.29 is 36.9 Å². The Morgan fingerprint density at radius 3 is 2.08 bits per heavy atom. The summed E-state index contributed by atoms with van der Waals surface area (Å²) < 4.78 is 0. The monoisotopic (exact) mass is 228 g/mol. The van der Waals surface area contributed by atoms with E-state index in [1.165, 1.54) is 0 Å². The summed E-state index contributed by atoms with van der Waals surface area (Å²) >= 11 is 0. The standard InChI is InChI=1S/C7H5NO4.Cu/c9-6(10)4-1-2-5(7(11)12)8-3-4;/h1-3H,(H,9,10)(H,11,12);/q;+2/p-2. The Kier molecular flexibility index (Phi) is 4.10. The first-order chi connectivity index (χ1) is 5.61. The Hall–Kier alpha value is -1.39. The molecule has 0 aromatic carbocycles. The number of carboxylic acid groups (broad SMARTS) is 2. The first-order valence-electron chi connectivity index (χ1n) is 3.00. The molecule has 0 aliphatic rings. The fourth-order valence-electron chi connectivity index (χ4n) is 0.635. The van der Waals surface area contributed by atoms with Crippen LogP contribution in [-0.2, 0) is 17.1 Å². The smallest absolute Gasteiger partial charge is 0.545 e. The van der Waals surface area contributed by atoms with Gasteiger partial charge < -0.3 is 19.8 Å². The number of hydrogen-bond donors (Lipinski definition) is 0. The molecule has 0 aliphatic carbocycles. The van der Waals surface area contributed by atoms with Crippen molar-refractivity contribution in [3.63, 3.8) is 0 Å². The van der Waals surface area contributed by atoms with Gasteiger partial charge in [-0.05, 0) is 12.1 Å². The second kappa shape index (κ2) is 4.59. The summed E-state index contributed by atoms with van der Waals surface area (Å²) in [6.07, 6.45) is 0.903. The Bertz CT molecular complexity index is 289. The van der Waals surface area contributed by atoms with Gasteiger partial charge in [-0.25, -0.2) is 0 Å². The van der Waals surface area contributed by atoms with Gasteiger partial charge in [0.1, 0.15) is 0 Å². The van der Waals surface area contributed by atoms with Crippen LogP contribution >= 0.6 is 0 Å². The van der Waals surface area contributed by atoms with Crippen LogP contribution in [0.1, 0.15) is 20.8 Å². The molecular formula is C7H3CuNO4. The first kappa shape index (κ1) is 11.6. The molecule has 0 unspecified atom stereocenters. The van der Waals surface area contributed by atoms with E-state index in [1.54, 1.807) is 0 Å². The van der Waals surface area contributed by atoms with Crippen molar-refractivity contribution in [2.24, 2.45) is 0 Å². The average Bonchev–Trinajstić information content (AvgIpc) is 2.04. The molecule has 1 heterocycles. The van der Waals surface area contributed by atoms with E-state index in [9.17, 15) is 19.8 Å². The third-order valence-electron chi connectivity index (χ3n) is 1.21. The van der Waals surface area contributed by atoms with Crippen LogP contribution in [0.4, 0.5) is 0 Å². The number of pyridine rings is 1. The van der Waals surface area contributed by atoms with Crippen molar-refractivity contribution in [3.8, 4) is 0 Å². The van der Waals surface area contributed by atoms with Crippen LogP contribution in [0.15, 0.2) is 18.3 Å². The Labute approximate surface area is 83.9 Å². The zero-order chi connectivity index (χ0) is 9.14. The number of aromatic nitrogens is 1. The van der Waals surface area contributed by atoms with Crippen molar-refractivity contribution in [2.45, 2.75) is 0 Å². The van der Waals surface area contributed by atoms with E-state index < -0.39 is 11.9 Å². The third kappa shape index (κ3) is 2.85. The first-order valence-corrected chi connectivity index (χ1v) is 3.00. The van der Waals surface area contributed by atoms with E-state index in [0.717, 1.165) is 18.3 Å². The molecule has 71 valence electrons. The quantitative estimate of drug-likeness (QED) is 0.536. The largest absolute Gasteiger partial charge is 2.00 e. The number of carbonyl (C=O) groups excluding carboxylic acids is 2. The number of aromatic carboxylic acids is 2. The van der Waals surface area contributed by atoms with Crippen molar-refractivity contribution in [3.05, 3.63) is 29.6 Å². The maximum atomic E-state index is 10.2. The normalized spacial score (nSPS) is 8.62. The van der Waals surface area contributed by atoms with E-state index in [4.69, 9.17) is 0 Å². The van der Waals surface area contributed by atoms with Crippen LogP contribution in [0.5, 0.6) is 0 Å². The van der Waals surface area contributed by atoms with Gasteiger partial charge in [0.2, 0.25) is 0 Å². The van der Waals surface area contributed by atoms with Gasteiger partial charge in [-0.3, -0.25) is 4.98 Å². The molecule has 1 aromatic heterocycles. The second-order valence-corrected chi connectivity index (χ2v) is 2.01. The molecule has 6 heteroatoms. The topological polar surface area (TPSA) is 93.1 Å². The summed E-state index contributed by atoms with van der Waals surface area (Å²) in [5.74, 6) is -2.84. The molecule has 13 heavy (non-hydrogen) atoms. The maximum Gasteiger partial charge on any atom is 2.00 e. The van der Waals surface area contributed by atoms with Crippen molar-refractivity contribution >= 4 is 11.9 Å². The molecule has 1 aromatic rings. The van der Waals surface area contributed by atoms with Gasteiger partial charge in [-0.2, -0.15) is 0 Å². The molecule has 0 fully saturated rings. The van der Waals surface area contributed by atoms with E-state index in [2.05, 4.69) is 4.98 Å². The number of carboxylic acids is 2. The molecule has 0 N–H and O–H groups in total. The number of nitrogens with zero attached hydrogens (tertiary/aromatic N) is 1. The fourth-order valence-corrected chi connectivity index (χ4v) is 0.635. The Balaban J connectivity index is 0.00000144. The van der Waals surface area contributed by atoms with Crippen LogP contribution in [0.25, 0.3) is 0 Å². The second-order valence-electron chi connectivity index (χ2n) is 2.01. The summed E-state index contributed by atoms with van der Waals surface area (Å²) in [5, 5.41) is 20.3. The summed E-state index contributed by atoms with van der Waals surface area (Å²) in [4.78, 5) is 23.6. The summed E-state index contributed by atoms with van der Waals surface area (Å²) in [6.45, 7) is 0. The Morgan fingerprint density at radius 1 is 1.15 bits per heavy atom. The van der Waals surface area contributed by atoms with Crippen LogP contribution < -0.4 is 10.2 Å². The summed E-state index contributed by atoms with van der Waals surface area (Å²) in [7, 11) is 0. The van der Waals surface area contributed by atoms with Gasteiger partial charge in [0.25, 0.3) is 0 Å². The minimum atomic E-state index is -1.44. The van der Waals surface area contributed by atoms with Gasteiger partial charge >= 0.3 is 17.1 Å². The molecule has 0 atom stereocenters. The number of hydrogen-bond acceptors (Lipinski definition) is 5. The van der Waals surface area contributed by atoms with Crippen molar-refractivity contribution in [2.75, 3.05) is 0 Å². The molecule has 1 radical (unpaired) electrons. The minimum Gasteiger partial charge on any atom is -0.545 e. The molecule has 0 saturated heterocycles. The van der Waals surface area contributed by atoms with Gasteiger partial charge in [0.05, 0.1) is 17.6 Å². The van der Waals surface area contributed by atoms with Crippen molar-refractivity contribution in [1.82, 2.24) is 4.98 Å². The molecule has 5 nitrogen and oxygen atoms in total. The predicted octanol–water partition coefficient (Wildman–Crippen LogP) is -2.19. The number of rotatable bonds is 2. The van der Waals surface area contributed by atoms with Gasteiger partial charge in [-0.15, -0.1) is 0 Å². The van der Waals surface area contributed by atoms with E-state index in [0.29, 0.717) is 0 Å². The van der Waals surface area contributed by atoms with Crippen molar-refractivity contribution in [1.29, 1.82) is 0 Å². The van der Waals surface area contributed by atoms with E-state index in [1.807, 2.05) is 0 Å². The molecule has 0 aliphatic heterocycles. The molecular weight excluding hydrogens is 226 g/mol. The molecule has 0 amide bonds. The molecule has 0 bridgehead atoms. The number of carbonyl (C=O) groups is 2. The van der Waals surface area contributed by atoms with Gasteiger partial charge in [0.15, 0.2) is 0 Å². The van der Waals surface area contributed by atoms with Gasteiger partial charge in [0, 0.05) is 11.8 Å². The average molecular weight is 229 g/mol. The van der Waals surface area contributed by atoms with Crippen LogP contribution in [0, 0.1) is 0 Å². The van der Waals surface area contributed by atoms with Crippen LogP contribution in [0.2, 0.25) is 0 Å². The van der Waals surface area contributed by atoms with Crippen LogP contribution in [0.3, 0.4) is 0 Å². The Morgan fingerprint density at radius 2 is 1.77 bits per heavy atom. The SMILES string of the molecule is O=C([O-])c1ccc(C(=O)[O-])nc1.[Cu+2]. The fraction of sp³-hybridized carbons (Fsp3) is 0. The van der Waals surface area contributed by atoms with Gasteiger partial charge in [-0.1, -0.05) is 0 Å². The van der Waals surface area contributed by atoms with E-state index in [-0.39, 0.29) is 28.3 Å². The zero-order valence-corrected chi connectivity index (χ0v) is 7.06.